The van der Waals surface area contributed by atoms with Gasteiger partial charge in [-0.05, 0) is 72.4 Å². The number of rotatable bonds is 3. The molecular weight excluding hydrogens is 532 g/mol. The molecule has 0 aliphatic rings. The number of benzene rings is 8. The highest BCUT2D eigenvalue weighted by atomic mass is 14.9. The molecule has 9 rings (SSSR count). The third-order valence-electron chi connectivity index (χ3n) is 8.85. The molecule has 0 fully saturated rings. The molecule has 0 saturated heterocycles. The zero-order valence-corrected chi connectivity index (χ0v) is 23.9. The molecule has 0 amide bonds. The molecule has 1 heterocycles. The molecule has 44 heavy (non-hydrogen) atoms. The van der Waals surface area contributed by atoms with Gasteiger partial charge in [0.1, 0.15) is 0 Å². The van der Waals surface area contributed by atoms with Gasteiger partial charge >= 0.3 is 0 Å². The van der Waals surface area contributed by atoms with E-state index in [1.807, 2.05) is 24.3 Å². The van der Waals surface area contributed by atoms with Crippen molar-refractivity contribution < 1.29 is 0 Å². The number of hydrogen-bond donors (Lipinski definition) is 0. The van der Waals surface area contributed by atoms with Crippen molar-refractivity contribution in [1.82, 2.24) is 9.97 Å². The van der Waals surface area contributed by atoms with Gasteiger partial charge < -0.3 is 0 Å². The van der Waals surface area contributed by atoms with Crippen LogP contribution in [-0.4, -0.2) is 9.97 Å². The molecule has 0 aliphatic carbocycles. The van der Waals surface area contributed by atoms with Crippen molar-refractivity contribution in [3.63, 3.8) is 0 Å². The molecule has 0 N–H and O–H groups in total. The lowest BCUT2D eigenvalue weighted by Crippen LogP contribution is -1.95. The summed E-state index contributed by atoms with van der Waals surface area (Å²) in [7, 11) is 0. The maximum atomic E-state index is 5.09. The summed E-state index contributed by atoms with van der Waals surface area (Å²) in [6, 6.07) is 56.3. The smallest absolute Gasteiger partial charge is 0.160 e. The van der Waals surface area contributed by atoms with E-state index in [0.29, 0.717) is 0 Å². The maximum Gasteiger partial charge on any atom is 0.160 e. The van der Waals surface area contributed by atoms with Crippen molar-refractivity contribution >= 4 is 54.0 Å². The Hall–Kier alpha value is -5.86. The first-order valence-electron chi connectivity index (χ1n) is 15.0. The predicted octanol–water partition coefficient (Wildman–Crippen LogP) is 11.2. The Morgan fingerprint density at radius 1 is 0.295 bits per heavy atom. The van der Waals surface area contributed by atoms with Crippen LogP contribution in [0.25, 0.3) is 87.8 Å². The molecule has 2 nitrogen and oxygen atoms in total. The molecule has 1 aromatic heterocycles. The predicted molar refractivity (Wildman–Crippen MR) is 186 cm³/mol. The van der Waals surface area contributed by atoms with Crippen LogP contribution in [0, 0.1) is 0 Å². The Morgan fingerprint density at radius 3 is 1.61 bits per heavy atom. The van der Waals surface area contributed by atoms with Crippen LogP contribution < -0.4 is 0 Å². The second kappa shape index (κ2) is 9.86. The summed E-state index contributed by atoms with van der Waals surface area (Å²) in [5.41, 5.74) is 6.31. The van der Waals surface area contributed by atoms with Crippen molar-refractivity contribution in [3.8, 4) is 33.8 Å². The first-order valence-corrected chi connectivity index (χ1v) is 15.0. The summed E-state index contributed by atoms with van der Waals surface area (Å²) in [6.07, 6.45) is 0. The van der Waals surface area contributed by atoms with Gasteiger partial charge in [-0.1, -0.05) is 140 Å². The fraction of sp³-hybridized carbons (Fsp3) is 0. The molecule has 0 saturated carbocycles. The molecule has 0 aliphatic heterocycles. The summed E-state index contributed by atoms with van der Waals surface area (Å²) < 4.78 is 0. The lowest BCUT2D eigenvalue weighted by atomic mass is 9.92. The van der Waals surface area contributed by atoms with Gasteiger partial charge in [-0.3, -0.25) is 0 Å². The van der Waals surface area contributed by atoms with E-state index in [0.717, 1.165) is 39.1 Å². The maximum absolute atomic E-state index is 5.09. The number of nitrogens with zero attached hydrogens (tertiary/aromatic N) is 2. The van der Waals surface area contributed by atoms with Gasteiger partial charge in [0.15, 0.2) is 5.82 Å². The highest BCUT2D eigenvalue weighted by Gasteiger charge is 2.14. The van der Waals surface area contributed by atoms with Crippen molar-refractivity contribution in [1.29, 1.82) is 0 Å². The molecule has 2 heteroatoms. The number of aromatic nitrogens is 2. The summed E-state index contributed by atoms with van der Waals surface area (Å²) in [5, 5.41) is 11.3. The summed E-state index contributed by atoms with van der Waals surface area (Å²) >= 11 is 0. The fourth-order valence-corrected chi connectivity index (χ4v) is 6.66. The van der Waals surface area contributed by atoms with Crippen LogP contribution in [0.1, 0.15) is 0 Å². The van der Waals surface area contributed by atoms with E-state index in [-0.39, 0.29) is 0 Å². The Morgan fingerprint density at radius 2 is 0.841 bits per heavy atom. The van der Waals surface area contributed by atoms with Crippen LogP contribution in [0.2, 0.25) is 0 Å². The molecule has 9 aromatic rings. The minimum atomic E-state index is 0.739. The average molecular weight is 559 g/mol. The molecule has 0 spiro atoms. The van der Waals surface area contributed by atoms with Crippen LogP contribution >= 0.6 is 0 Å². The topological polar surface area (TPSA) is 25.8 Å². The van der Waals surface area contributed by atoms with Crippen molar-refractivity contribution in [2.75, 3.05) is 0 Å². The highest BCUT2D eigenvalue weighted by Crippen LogP contribution is 2.37. The molecule has 0 radical (unpaired) electrons. The van der Waals surface area contributed by atoms with Crippen molar-refractivity contribution in [2.45, 2.75) is 0 Å². The first kappa shape index (κ1) is 24.7. The summed E-state index contributed by atoms with van der Waals surface area (Å²) in [5.74, 6) is 0.739. The van der Waals surface area contributed by atoms with E-state index in [2.05, 4.69) is 133 Å². The Bertz CT molecular complexity index is 2530. The Balaban J connectivity index is 1.20. The van der Waals surface area contributed by atoms with Crippen LogP contribution in [0.15, 0.2) is 158 Å². The normalized spacial score (nSPS) is 11.6. The van der Waals surface area contributed by atoms with E-state index in [1.165, 1.54) is 48.7 Å². The molecule has 0 bridgehead atoms. The van der Waals surface area contributed by atoms with E-state index >= 15 is 0 Å². The molecule has 204 valence electrons. The third-order valence-corrected chi connectivity index (χ3v) is 8.85. The molecule has 8 aromatic carbocycles. The highest BCUT2D eigenvalue weighted by molar-refractivity contribution is 6.22. The van der Waals surface area contributed by atoms with Crippen LogP contribution in [0.5, 0.6) is 0 Å². The standard InChI is InChI=1S/C42H26N2/c1-3-10-28(11-4-1)41-39-26-31(18-24-40(39)43-42(44-41)29-12-5-2-6-13-29)30-16-19-34-32(25-30)17-21-38-36(34)23-22-35-33-14-8-7-9-27(33)15-20-37(35)38/h1-26H. The number of fused-ring (bicyclic) bond motifs is 8. The van der Waals surface area contributed by atoms with Gasteiger partial charge in [0.2, 0.25) is 0 Å². The Kier molecular flexibility index (Phi) is 5.54. The quantitative estimate of drug-likeness (QED) is 0.202. The van der Waals surface area contributed by atoms with Crippen LogP contribution in [0.3, 0.4) is 0 Å². The second-order valence-corrected chi connectivity index (χ2v) is 11.4. The Labute approximate surface area is 254 Å². The van der Waals surface area contributed by atoms with Gasteiger partial charge in [-0.2, -0.15) is 0 Å². The van der Waals surface area contributed by atoms with E-state index < -0.39 is 0 Å². The number of hydrogen-bond acceptors (Lipinski definition) is 2. The first-order chi connectivity index (χ1) is 21.8. The van der Waals surface area contributed by atoms with E-state index in [9.17, 15) is 0 Å². The van der Waals surface area contributed by atoms with E-state index in [1.54, 1.807) is 0 Å². The van der Waals surface area contributed by atoms with Crippen molar-refractivity contribution in [2.24, 2.45) is 0 Å². The minimum absolute atomic E-state index is 0.739. The van der Waals surface area contributed by atoms with Gasteiger partial charge in [-0.25, -0.2) is 9.97 Å². The van der Waals surface area contributed by atoms with Crippen LogP contribution in [-0.2, 0) is 0 Å². The monoisotopic (exact) mass is 558 g/mol. The molecule has 0 atom stereocenters. The van der Waals surface area contributed by atoms with Gasteiger partial charge in [-0.15, -0.1) is 0 Å². The van der Waals surface area contributed by atoms with Crippen LogP contribution in [0.4, 0.5) is 0 Å². The van der Waals surface area contributed by atoms with Gasteiger partial charge in [0.05, 0.1) is 11.2 Å². The SMILES string of the molecule is c1ccc(-c2nc(-c3ccccc3)c3cc(-c4ccc5c(ccc6c5ccc5c7ccccc7ccc56)c4)ccc3n2)cc1. The molecular formula is C42H26N2. The average Bonchev–Trinajstić information content (AvgIpc) is 3.11. The zero-order chi connectivity index (χ0) is 29.0. The van der Waals surface area contributed by atoms with Gasteiger partial charge in [0.25, 0.3) is 0 Å². The van der Waals surface area contributed by atoms with E-state index in [4.69, 9.17) is 9.97 Å². The lowest BCUT2D eigenvalue weighted by molar-refractivity contribution is 1.23. The summed E-state index contributed by atoms with van der Waals surface area (Å²) in [6.45, 7) is 0. The third kappa shape index (κ3) is 3.96. The van der Waals surface area contributed by atoms with Gasteiger partial charge in [0, 0.05) is 16.5 Å². The lowest BCUT2D eigenvalue weighted by Gasteiger charge is -2.13. The minimum Gasteiger partial charge on any atom is -0.228 e. The zero-order valence-electron chi connectivity index (χ0n) is 23.9. The second-order valence-electron chi connectivity index (χ2n) is 11.4. The van der Waals surface area contributed by atoms with Crippen molar-refractivity contribution in [3.05, 3.63) is 158 Å². The summed E-state index contributed by atoms with van der Waals surface area (Å²) in [4.78, 5) is 10.1. The fourth-order valence-electron chi connectivity index (χ4n) is 6.66. The largest absolute Gasteiger partial charge is 0.228 e. The molecule has 0 unspecified atom stereocenters.